The predicted octanol–water partition coefficient (Wildman–Crippen LogP) is 2.40. The molecule has 0 aliphatic heterocycles. The average molecular weight is 353 g/mol. The molecule has 2 aromatic rings. The van der Waals surface area contributed by atoms with Gasteiger partial charge in [0.05, 0.1) is 12.6 Å². The molecule has 26 heavy (non-hydrogen) atoms. The third-order valence-electron chi connectivity index (χ3n) is 3.75. The lowest BCUT2D eigenvalue weighted by Crippen LogP contribution is -2.45. The highest BCUT2D eigenvalue weighted by Gasteiger charge is 2.08. The van der Waals surface area contributed by atoms with E-state index < -0.39 is 5.91 Å². The maximum Gasteiger partial charge on any atom is 0.252 e. The lowest BCUT2D eigenvalue weighted by atomic mass is 9.97. The summed E-state index contributed by atoms with van der Waals surface area (Å²) in [6.07, 6.45) is 0.569. The molecule has 0 bridgehead atoms. The van der Waals surface area contributed by atoms with Gasteiger partial charge in [-0.3, -0.25) is 15.6 Å². The minimum Gasteiger partial charge on any atom is -0.369 e. The molecule has 2 aromatic carbocycles. The Labute approximate surface area is 151 Å². The molecule has 7 heteroatoms. The van der Waals surface area contributed by atoms with Gasteiger partial charge < -0.3 is 5.73 Å². The zero-order valence-electron chi connectivity index (χ0n) is 14.4. The molecular weight excluding hydrogens is 333 g/mol. The number of nitrogens with zero attached hydrogens (tertiary/aromatic N) is 2. The quantitative estimate of drug-likeness (QED) is 0.436. The van der Waals surface area contributed by atoms with E-state index in [1.807, 2.05) is 30.3 Å². The van der Waals surface area contributed by atoms with Crippen LogP contribution < -0.4 is 16.6 Å². The standard InChI is InChI=1S/C19H20FN5O/c1-2-13-5-3-4-6-16(13)14-7-8-15(17(20)11-14)12-23-19(22)25-24-18(26)9-10-21/h3-8,11H,2,9,12H2,1H3,(H,24,26)(H3,22,23,25). The number of halogens is 1. The molecule has 0 spiro atoms. The molecule has 0 aliphatic carbocycles. The van der Waals surface area contributed by atoms with Gasteiger partial charge in [0.15, 0.2) is 0 Å². The Balaban J connectivity index is 2.07. The summed E-state index contributed by atoms with van der Waals surface area (Å²) in [5, 5.41) is 8.38. The zero-order chi connectivity index (χ0) is 18.9. The first-order chi connectivity index (χ1) is 12.5. The molecule has 0 atom stereocenters. The smallest absolute Gasteiger partial charge is 0.252 e. The zero-order valence-corrected chi connectivity index (χ0v) is 14.4. The van der Waals surface area contributed by atoms with Crippen molar-refractivity contribution >= 4 is 11.9 Å². The second-order valence-electron chi connectivity index (χ2n) is 5.53. The molecule has 0 saturated heterocycles. The first-order valence-electron chi connectivity index (χ1n) is 8.13. The number of aryl methyl sites for hydroxylation is 1. The van der Waals surface area contributed by atoms with Gasteiger partial charge in [-0.25, -0.2) is 9.38 Å². The average Bonchev–Trinajstić information content (AvgIpc) is 2.65. The molecular formula is C19H20FN5O. The van der Waals surface area contributed by atoms with Crippen molar-refractivity contribution in [3.63, 3.8) is 0 Å². The molecule has 4 N–H and O–H groups in total. The summed E-state index contributed by atoms with van der Waals surface area (Å²) in [5.41, 5.74) is 13.5. The van der Waals surface area contributed by atoms with E-state index in [2.05, 4.69) is 22.8 Å². The van der Waals surface area contributed by atoms with Crippen molar-refractivity contribution in [1.82, 2.24) is 10.9 Å². The summed E-state index contributed by atoms with van der Waals surface area (Å²) < 4.78 is 14.4. The van der Waals surface area contributed by atoms with Crippen molar-refractivity contribution in [1.29, 1.82) is 5.26 Å². The molecule has 0 saturated carbocycles. The van der Waals surface area contributed by atoms with Gasteiger partial charge >= 0.3 is 0 Å². The van der Waals surface area contributed by atoms with Crippen LogP contribution >= 0.6 is 0 Å². The van der Waals surface area contributed by atoms with Crippen LogP contribution in [0.3, 0.4) is 0 Å². The Bertz CT molecular complexity index is 857. The number of nitrogens with two attached hydrogens (primary N) is 1. The SMILES string of the molecule is CCc1ccccc1-c1ccc(CN=C(N)NNC(=O)CC#N)c(F)c1. The number of aliphatic imine (C=N–C) groups is 1. The van der Waals surface area contributed by atoms with E-state index in [4.69, 9.17) is 11.0 Å². The number of hydrazine groups is 1. The molecule has 0 heterocycles. The molecule has 0 radical (unpaired) electrons. The topological polar surface area (TPSA) is 103 Å². The Morgan fingerprint density at radius 1 is 1.23 bits per heavy atom. The molecule has 0 aliphatic rings. The summed E-state index contributed by atoms with van der Waals surface area (Å²) in [7, 11) is 0. The van der Waals surface area contributed by atoms with E-state index in [1.165, 1.54) is 6.07 Å². The van der Waals surface area contributed by atoms with Crippen molar-refractivity contribution in [3.05, 3.63) is 59.4 Å². The fraction of sp³-hybridized carbons (Fsp3) is 0.211. The van der Waals surface area contributed by atoms with E-state index >= 15 is 0 Å². The first kappa shape index (κ1) is 18.9. The third-order valence-corrected chi connectivity index (χ3v) is 3.75. The lowest BCUT2D eigenvalue weighted by Gasteiger charge is -2.10. The van der Waals surface area contributed by atoms with Gasteiger partial charge in [-0.05, 0) is 29.2 Å². The number of hydrogen-bond acceptors (Lipinski definition) is 3. The van der Waals surface area contributed by atoms with Crippen LogP contribution in [0.15, 0.2) is 47.5 Å². The Morgan fingerprint density at radius 3 is 2.69 bits per heavy atom. The van der Waals surface area contributed by atoms with Gasteiger partial charge in [-0.1, -0.05) is 43.3 Å². The molecule has 1 amide bonds. The normalized spacial score (nSPS) is 10.9. The monoisotopic (exact) mass is 353 g/mol. The van der Waals surface area contributed by atoms with Crippen LogP contribution in [0.1, 0.15) is 24.5 Å². The summed E-state index contributed by atoms with van der Waals surface area (Å²) in [4.78, 5) is 15.1. The van der Waals surface area contributed by atoms with Crippen LogP contribution in [0.5, 0.6) is 0 Å². The van der Waals surface area contributed by atoms with Gasteiger partial charge in [-0.15, -0.1) is 0 Å². The number of carbonyl (C=O) groups excluding carboxylic acids is 1. The van der Waals surface area contributed by atoms with Crippen molar-refractivity contribution < 1.29 is 9.18 Å². The van der Waals surface area contributed by atoms with E-state index in [9.17, 15) is 9.18 Å². The van der Waals surface area contributed by atoms with Crippen molar-refractivity contribution in [2.24, 2.45) is 10.7 Å². The molecule has 0 unspecified atom stereocenters. The van der Waals surface area contributed by atoms with Crippen LogP contribution in [-0.2, 0) is 17.8 Å². The number of benzene rings is 2. The number of rotatable bonds is 5. The minimum atomic E-state index is -0.532. The largest absolute Gasteiger partial charge is 0.369 e. The highest BCUT2D eigenvalue weighted by atomic mass is 19.1. The summed E-state index contributed by atoms with van der Waals surface area (Å²) in [5.74, 6) is -0.981. The van der Waals surface area contributed by atoms with Gasteiger partial charge in [0, 0.05) is 5.56 Å². The van der Waals surface area contributed by atoms with Gasteiger partial charge in [0.25, 0.3) is 5.91 Å². The Hall–Kier alpha value is -3.40. The fourth-order valence-corrected chi connectivity index (χ4v) is 2.41. The van der Waals surface area contributed by atoms with E-state index in [-0.39, 0.29) is 24.7 Å². The molecule has 0 aromatic heterocycles. The van der Waals surface area contributed by atoms with Crippen molar-refractivity contribution in [2.75, 3.05) is 0 Å². The summed E-state index contributed by atoms with van der Waals surface area (Å²) in [6, 6.07) is 14.6. The van der Waals surface area contributed by atoms with E-state index in [1.54, 1.807) is 12.1 Å². The first-order valence-corrected chi connectivity index (χ1v) is 8.13. The fourth-order valence-electron chi connectivity index (χ4n) is 2.41. The molecule has 0 fully saturated rings. The highest BCUT2D eigenvalue weighted by Crippen LogP contribution is 2.26. The second-order valence-corrected chi connectivity index (χ2v) is 5.53. The molecule has 2 rings (SSSR count). The Kier molecular flexibility index (Phi) is 6.68. The Morgan fingerprint density at radius 2 is 2.00 bits per heavy atom. The second kappa shape index (κ2) is 9.18. The van der Waals surface area contributed by atoms with Crippen molar-refractivity contribution in [3.8, 4) is 17.2 Å². The van der Waals surface area contributed by atoms with Crippen LogP contribution in [0.2, 0.25) is 0 Å². The predicted molar refractivity (Wildman–Crippen MR) is 98.0 cm³/mol. The summed E-state index contributed by atoms with van der Waals surface area (Å²) in [6.45, 7) is 2.08. The number of amides is 1. The highest BCUT2D eigenvalue weighted by molar-refractivity contribution is 5.83. The third kappa shape index (κ3) is 5.05. The van der Waals surface area contributed by atoms with E-state index in [0.29, 0.717) is 5.56 Å². The van der Waals surface area contributed by atoms with Crippen LogP contribution in [0.25, 0.3) is 11.1 Å². The van der Waals surface area contributed by atoms with Crippen molar-refractivity contribution in [2.45, 2.75) is 26.3 Å². The van der Waals surface area contributed by atoms with Gasteiger partial charge in [-0.2, -0.15) is 5.26 Å². The number of guanidine groups is 1. The summed E-state index contributed by atoms with van der Waals surface area (Å²) >= 11 is 0. The minimum absolute atomic E-state index is 0.0223. The number of nitriles is 1. The number of carbonyl (C=O) groups is 1. The van der Waals surface area contributed by atoms with E-state index in [0.717, 1.165) is 23.1 Å². The lowest BCUT2D eigenvalue weighted by molar-refractivity contribution is -0.120. The van der Waals surface area contributed by atoms with Crippen LogP contribution in [-0.4, -0.2) is 11.9 Å². The number of hydrogen-bond donors (Lipinski definition) is 3. The maximum atomic E-state index is 14.4. The molecule has 134 valence electrons. The van der Waals surface area contributed by atoms with Crippen LogP contribution in [0.4, 0.5) is 4.39 Å². The van der Waals surface area contributed by atoms with Crippen LogP contribution in [0, 0.1) is 17.1 Å². The van der Waals surface area contributed by atoms with Gasteiger partial charge in [0.2, 0.25) is 5.96 Å². The van der Waals surface area contributed by atoms with Gasteiger partial charge in [0.1, 0.15) is 12.2 Å². The number of nitrogens with one attached hydrogen (secondary N) is 2. The molecule has 6 nitrogen and oxygen atoms in total. The maximum absolute atomic E-state index is 14.4.